The summed E-state index contributed by atoms with van der Waals surface area (Å²) in [4.78, 5) is 21.3. The van der Waals surface area contributed by atoms with Crippen molar-refractivity contribution >= 4 is 38.6 Å². The van der Waals surface area contributed by atoms with E-state index in [-0.39, 0.29) is 22.1 Å². The van der Waals surface area contributed by atoms with Crippen LogP contribution >= 0.6 is 11.6 Å². The summed E-state index contributed by atoms with van der Waals surface area (Å²) in [5, 5.41) is 0.0135. The van der Waals surface area contributed by atoms with Crippen LogP contribution in [0, 0.1) is 6.92 Å². The number of nitrogens with one attached hydrogen (secondary N) is 1. The summed E-state index contributed by atoms with van der Waals surface area (Å²) < 4.78 is 33.1. The topological polar surface area (TPSA) is 98.2 Å². The zero-order valence-corrected chi connectivity index (χ0v) is 18.6. The van der Waals surface area contributed by atoms with Crippen molar-refractivity contribution in [3.63, 3.8) is 0 Å². The predicted octanol–water partition coefficient (Wildman–Crippen LogP) is 4.03. The molecule has 1 heterocycles. The molecule has 158 valence electrons. The molecule has 1 N–H and O–H groups in total. The van der Waals surface area contributed by atoms with Crippen LogP contribution in [-0.2, 0) is 21.4 Å². The zero-order chi connectivity index (χ0) is 22.1. The van der Waals surface area contributed by atoms with E-state index in [1.807, 2.05) is 24.3 Å². The highest BCUT2D eigenvalue weighted by molar-refractivity contribution is 7.89. The number of sulfonamides is 1. The Balaban J connectivity index is 1.82. The van der Waals surface area contributed by atoms with Gasteiger partial charge >= 0.3 is 5.97 Å². The first-order valence-electron chi connectivity index (χ1n) is 9.19. The summed E-state index contributed by atoms with van der Waals surface area (Å²) in [5.74, 6) is -0.687. The van der Waals surface area contributed by atoms with Crippen molar-refractivity contribution in [3.05, 3.63) is 64.4 Å². The molecule has 0 amide bonds. The van der Waals surface area contributed by atoms with Crippen molar-refractivity contribution in [1.29, 1.82) is 0 Å². The summed E-state index contributed by atoms with van der Waals surface area (Å²) in [6.07, 6.45) is 0. The van der Waals surface area contributed by atoms with E-state index in [9.17, 15) is 13.2 Å². The Morgan fingerprint density at radius 2 is 1.73 bits per heavy atom. The fourth-order valence-corrected chi connectivity index (χ4v) is 4.72. The number of aromatic nitrogens is 2. The van der Waals surface area contributed by atoms with E-state index in [4.69, 9.17) is 16.3 Å². The third-order valence-corrected chi connectivity index (χ3v) is 6.32. The number of carbonyl (C=O) groups is 1. The number of nitrogens with zero attached hydrogens (tertiary/aromatic N) is 2. The van der Waals surface area contributed by atoms with Crippen LogP contribution in [0.5, 0.6) is 0 Å². The molecule has 0 aliphatic rings. The minimum Gasteiger partial charge on any atom is -0.456 e. The fraction of sp³-hybridized carbons (Fsp3) is 0.286. The van der Waals surface area contributed by atoms with Crippen molar-refractivity contribution < 1.29 is 17.9 Å². The quantitative estimate of drug-likeness (QED) is 0.593. The van der Waals surface area contributed by atoms with Gasteiger partial charge in [0.25, 0.3) is 0 Å². The fourth-order valence-electron chi connectivity index (χ4n) is 2.77. The Bertz CT molecular complexity index is 1220. The van der Waals surface area contributed by atoms with E-state index in [2.05, 4.69) is 14.7 Å². The van der Waals surface area contributed by atoms with Gasteiger partial charge in [-0.05, 0) is 58.0 Å². The Morgan fingerprint density at radius 3 is 2.37 bits per heavy atom. The van der Waals surface area contributed by atoms with Gasteiger partial charge < -0.3 is 4.74 Å². The van der Waals surface area contributed by atoms with Gasteiger partial charge in [-0.1, -0.05) is 23.7 Å². The molecule has 0 saturated heterocycles. The number of carbonyl (C=O) groups excluding carboxylic acids is 1. The first-order chi connectivity index (χ1) is 14.0. The number of hydrogen-bond donors (Lipinski definition) is 1. The number of rotatable bonds is 5. The van der Waals surface area contributed by atoms with E-state index in [1.165, 1.54) is 18.2 Å². The molecular formula is C21H22ClN3O4S. The van der Waals surface area contributed by atoms with E-state index in [0.717, 1.165) is 5.52 Å². The maximum Gasteiger partial charge on any atom is 0.338 e. The van der Waals surface area contributed by atoms with Gasteiger partial charge in [-0.3, -0.25) is 0 Å². The van der Waals surface area contributed by atoms with Crippen molar-refractivity contribution in [2.45, 2.75) is 44.7 Å². The highest BCUT2D eigenvalue weighted by Crippen LogP contribution is 2.24. The van der Waals surface area contributed by atoms with Gasteiger partial charge in [0, 0.05) is 5.54 Å². The number of esters is 1. The molecule has 0 spiro atoms. The maximum absolute atomic E-state index is 12.6. The summed E-state index contributed by atoms with van der Waals surface area (Å²) in [6.45, 7) is 6.83. The van der Waals surface area contributed by atoms with Gasteiger partial charge in [-0.2, -0.15) is 0 Å². The van der Waals surface area contributed by atoms with Gasteiger partial charge in [-0.15, -0.1) is 0 Å². The molecule has 0 bridgehead atoms. The number of aryl methyl sites for hydroxylation is 1. The molecule has 1 aromatic heterocycles. The van der Waals surface area contributed by atoms with E-state index < -0.39 is 21.5 Å². The van der Waals surface area contributed by atoms with E-state index in [1.54, 1.807) is 27.7 Å². The second-order valence-corrected chi connectivity index (χ2v) is 9.88. The summed E-state index contributed by atoms with van der Waals surface area (Å²) in [6, 6.07) is 11.4. The molecular weight excluding hydrogens is 426 g/mol. The van der Waals surface area contributed by atoms with Crippen LogP contribution in [0.4, 0.5) is 0 Å². The largest absolute Gasteiger partial charge is 0.456 e. The highest BCUT2D eigenvalue weighted by Gasteiger charge is 2.25. The molecule has 0 unspecified atom stereocenters. The molecule has 0 fully saturated rings. The molecule has 0 saturated carbocycles. The molecule has 0 aliphatic carbocycles. The van der Waals surface area contributed by atoms with Gasteiger partial charge in [0.15, 0.2) is 0 Å². The highest BCUT2D eigenvalue weighted by atomic mass is 35.5. The third kappa shape index (κ3) is 5.13. The predicted molar refractivity (Wildman–Crippen MR) is 115 cm³/mol. The monoisotopic (exact) mass is 447 g/mol. The molecule has 3 rings (SSSR count). The number of hydrogen-bond acceptors (Lipinski definition) is 6. The van der Waals surface area contributed by atoms with E-state index >= 15 is 0 Å². The van der Waals surface area contributed by atoms with Crippen LogP contribution < -0.4 is 4.72 Å². The molecule has 0 radical (unpaired) electrons. The third-order valence-electron chi connectivity index (χ3n) is 4.08. The summed E-state index contributed by atoms with van der Waals surface area (Å²) in [5.41, 5.74) is 1.99. The number of benzene rings is 2. The standard InChI is InChI=1S/C21H22ClN3O4S/c1-13-18(24-17-8-6-5-7-16(17)23-13)12-29-20(26)14-9-10-15(22)19(11-14)30(27,28)25-21(2,3)4/h5-11,25H,12H2,1-4H3. The first kappa shape index (κ1) is 22.1. The minimum atomic E-state index is -3.91. The molecule has 7 nitrogen and oxygen atoms in total. The van der Waals surface area contributed by atoms with Crippen LogP contribution in [0.2, 0.25) is 5.02 Å². The van der Waals surface area contributed by atoms with Crippen molar-refractivity contribution in [3.8, 4) is 0 Å². The summed E-state index contributed by atoms with van der Waals surface area (Å²) in [7, 11) is -3.91. The molecule has 9 heteroatoms. The Hall–Kier alpha value is -2.55. The molecule has 3 aromatic rings. The van der Waals surface area contributed by atoms with Gasteiger partial charge in [0.2, 0.25) is 10.0 Å². The van der Waals surface area contributed by atoms with Crippen LogP contribution in [0.15, 0.2) is 47.4 Å². The lowest BCUT2D eigenvalue weighted by Crippen LogP contribution is -2.40. The number of fused-ring (bicyclic) bond motifs is 1. The maximum atomic E-state index is 12.6. The summed E-state index contributed by atoms with van der Waals surface area (Å²) >= 11 is 6.07. The number of ether oxygens (including phenoxy) is 1. The van der Waals surface area contributed by atoms with Crippen LogP contribution in [0.3, 0.4) is 0 Å². The van der Waals surface area contributed by atoms with Gasteiger partial charge in [-0.25, -0.2) is 27.9 Å². The first-order valence-corrected chi connectivity index (χ1v) is 11.1. The van der Waals surface area contributed by atoms with Crippen LogP contribution in [0.1, 0.15) is 42.5 Å². The van der Waals surface area contributed by atoms with Crippen LogP contribution in [-0.4, -0.2) is 29.9 Å². The molecule has 2 aromatic carbocycles. The van der Waals surface area contributed by atoms with Crippen molar-refractivity contribution in [2.24, 2.45) is 0 Å². The smallest absolute Gasteiger partial charge is 0.338 e. The second-order valence-electron chi connectivity index (χ2n) is 7.82. The van der Waals surface area contributed by atoms with Crippen molar-refractivity contribution in [1.82, 2.24) is 14.7 Å². The Labute approximate surface area is 180 Å². The Kier molecular flexibility index (Phi) is 6.12. The average Bonchev–Trinajstić information content (AvgIpc) is 2.64. The Morgan fingerprint density at radius 1 is 1.10 bits per heavy atom. The lowest BCUT2D eigenvalue weighted by atomic mass is 10.1. The SMILES string of the molecule is Cc1nc2ccccc2nc1COC(=O)c1ccc(Cl)c(S(=O)(=O)NC(C)(C)C)c1. The zero-order valence-electron chi connectivity index (χ0n) is 17.1. The van der Waals surface area contributed by atoms with E-state index in [0.29, 0.717) is 16.9 Å². The molecule has 30 heavy (non-hydrogen) atoms. The minimum absolute atomic E-state index is 0.0135. The van der Waals surface area contributed by atoms with Crippen molar-refractivity contribution in [2.75, 3.05) is 0 Å². The lowest BCUT2D eigenvalue weighted by Gasteiger charge is -2.21. The van der Waals surface area contributed by atoms with Gasteiger partial charge in [0.1, 0.15) is 11.5 Å². The van der Waals surface area contributed by atoms with Crippen LogP contribution in [0.25, 0.3) is 11.0 Å². The number of para-hydroxylation sites is 2. The number of halogens is 1. The average molecular weight is 448 g/mol. The normalized spacial score (nSPS) is 12.2. The second kappa shape index (κ2) is 8.29. The molecule has 0 aliphatic heterocycles. The van der Waals surface area contributed by atoms with Gasteiger partial charge in [0.05, 0.1) is 33.0 Å². The lowest BCUT2D eigenvalue weighted by molar-refractivity contribution is 0.0466. The molecule has 0 atom stereocenters.